The Labute approximate surface area is 296 Å². The second-order valence-corrected chi connectivity index (χ2v) is 16.6. The first-order valence-corrected chi connectivity index (χ1v) is 18.8. The van der Waals surface area contributed by atoms with E-state index in [2.05, 4.69) is 133 Å². The van der Waals surface area contributed by atoms with Gasteiger partial charge in [-0.3, -0.25) is 19.2 Å². The van der Waals surface area contributed by atoms with Crippen LogP contribution in [-0.2, 0) is 19.2 Å². The van der Waals surface area contributed by atoms with Crippen molar-refractivity contribution in [1.82, 2.24) is 4.90 Å². The molecule has 1 N–H and O–H groups in total. The van der Waals surface area contributed by atoms with Gasteiger partial charge in [-0.15, -0.1) is 0 Å². The molecule has 0 aliphatic rings. The van der Waals surface area contributed by atoms with Crippen LogP contribution in [0.2, 0.25) is 0 Å². The first-order valence-electron chi connectivity index (χ1n) is 14.0. The fraction of sp³-hybridized carbons (Fsp3) is 0.867. The molecule has 11 heteroatoms. The van der Waals surface area contributed by atoms with Gasteiger partial charge in [-0.05, 0) is 89.4 Å². The molecular weight excluding hydrogens is 854 g/mol. The maximum Gasteiger partial charge on any atom is 0.300 e. The number of rotatable bonds is 10. The molecule has 0 fully saturated rings. The fourth-order valence-electron chi connectivity index (χ4n) is 1.67. The number of ketones is 2. The van der Waals surface area contributed by atoms with Crippen molar-refractivity contribution < 1.29 is 24.3 Å². The molecule has 0 spiro atoms. The van der Waals surface area contributed by atoms with Gasteiger partial charge in [0, 0.05) is 19.8 Å². The Kier molecular flexibility index (Phi) is 51.9. The molecule has 0 aromatic carbocycles. The maximum absolute atomic E-state index is 11.5. The van der Waals surface area contributed by atoms with Crippen molar-refractivity contribution in [2.75, 3.05) is 25.5 Å². The molecule has 0 aliphatic heterocycles. The Bertz CT molecular complexity index is 570. The molecule has 0 unspecified atom stereocenters. The van der Waals surface area contributed by atoms with Crippen molar-refractivity contribution in [2.45, 2.75) is 142 Å². The van der Waals surface area contributed by atoms with Crippen molar-refractivity contribution in [3.05, 3.63) is 0 Å². The van der Waals surface area contributed by atoms with Gasteiger partial charge in [0.25, 0.3) is 5.97 Å². The summed E-state index contributed by atoms with van der Waals surface area (Å²) in [4.78, 5) is 44.8. The predicted molar refractivity (Wildman–Crippen MR) is 200 cm³/mol. The average Bonchev–Trinajstić information content (AvgIpc) is 2.81. The van der Waals surface area contributed by atoms with Crippen LogP contribution in [0.15, 0.2) is 0 Å². The van der Waals surface area contributed by atoms with Crippen molar-refractivity contribution in [3.63, 3.8) is 0 Å². The topological polar surface area (TPSA) is 91.7 Å². The second kappa shape index (κ2) is 37.0. The molecule has 0 saturated heterocycles. The van der Waals surface area contributed by atoms with Gasteiger partial charge >= 0.3 is 0 Å². The number of nitrogens with zero attached hydrogens (tertiary/aromatic N) is 1. The van der Waals surface area contributed by atoms with Crippen LogP contribution in [-0.4, -0.2) is 70.7 Å². The van der Waals surface area contributed by atoms with Crippen molar-refractivity contribution in [2.24, 2.45) is 0 Å². The Morgan fingerprint density at radius 3 is 0.854 bits per heavy atom. The number of aliphatic carboxylic acids is 1. The summed E-state index contributed by atoms with van der Waals surface area (Å²) in [6.45, 7) is 30.6. The van der Waals surface area contributed by atoms with E-state index in [1.165, 1.54) is 32.5 Å². The lowest BCUT2D eigenvalue weighted by molar-refractivity contribution is -0.134. The quantitative estimate of drug-likeness (QED) is 0.173. The van der Waals surface area contributed by atoms with Crippen LogP contribution >= 0.6 is 79.6 Å². The highest BCUT2D eigenvalue weighted by molar-refractivity contribution is 9.20. The van der Waals surface area contributed by atoms with Crippen molar-refractivity contribution in [3.8, 4) is 0 Å². The molecule has 0 atom stereocenters. The molecular formula is C30H62Br5NO5. The smallest absolute Gasteiger partial charge is 0.300 e. The molecule has 6 nitrogen and oxygen atoms in total. The zero-order valence-corrected chi connectivity index (χ0v) is 36.5. The monoisotopic (exact) mass is 911 g/mol. The summed E-state index contributed by atoms with van der Waals surface area (Å²) in [6.07, 6.45) is 4.03. The Morgan fingerprint density at radius 1 is 0.610 bits per heavy atom. The van der Waals surface area contributed by atoms with Crippen LogP contribution in [0.5, 0.6) is 0 Å². The van der Waals surface area contributed by atoms with Crippen LogP contribution in [0.3, 0.4) is 0 Å². The molecule has 0 radical (unpaired) electrons. The van der Waals surface area contributed by atoms with E-state index in [9.17, 15) is 14.4 Å². The number of carbonyl (C=O) groups excluding carboxylic acids is 3. The number of carbonyl (C=O) groups is 4. The summed E-state index contributed by atoms with van der Waals surface area (Å²) in [6, 6.07) is 0. The summed E-state index contributed by atoms with van der Waals surface area (Å²) >= 11 is 15.5. The normalized spacial score (nSPS) is 9.98. The van der Waals surface area contributed by atoms with E-state index < -0.39 is 18.9 Å². The summed E-state index contributed by atoms with van der Waals surface area (Å²) in [7, 11) is 0. The highest BCUT2D eigenvalue weighted by atomic mass is 79.9. The largest absolute Gasteiger partial charge is 0.481 e. The molecule has 0 aliphatic carbocycles. The number of hydrogen-bond donors (Lipinski definition) is 1. The molecule has 0 aromatic heterocycles. The molecule has 0 heterocycles. The number of carboxylic acids is 1. The number of hydrogen-bond acceptors (Lipinski definition) is 5. The van der Waals surface area contributed by atoms with Gasteiger partial charge in [0.05, 0.1) is 13.0 Å². The van der Waals surface area contributed by atoms with E-state index in [4.69, 9.17) is 9.90 Å². The highest BCUT2D eigenvalue weighted by Crippen LogP contribution is 2.23. The van der Waals surface area contributed by atoms with Crippen LogP contribution in [0.1, 0.15) is 129 Å². The van der Waals surface area contributed by atoms with Gasteiger partial charge in [0.2, 0.25) is 4.69 Å². The van der Waals surface area contributed by atoms with Gasteiger partial charge < -0.3 is 10.0 Å². The van der Waals surface area contributed by atoms with Gasteiger partial charge in [0.15, 0.2) is 0 Å². The number of Topliss-reactive ketones (excluding diaryl/α,β-unsaturated/α-hetero) is 2. The van der Waals surface area contributed by atoms with E-state index >= 15 is 0 Å². The van der Waals surface area contributed by atoms with Crippen LogP contribution < -0.4 is 0 Å². The summed E-state index contributed by atoms with van der Waals surface area (Å²) < 4.78 is -1.38. The van der Waals surface area contributed by atoms with Crippen molar-refractivity contribution in [1.29, 1.82) is 0 Å². The van der Waals surface area contributed by atoms with Crippen molar-refractivity contribution >= 4 is 102 Å². The Hall–Kier alpha value is 0.840. The average molecular weight is 916 g/mol. The fourth-order valence-corrected chi connectivity index (χ4v) is 2.07. The lowest BCUT2D eigenvalue weighted by atomic mass is 9.99. The number of halogens is 5. The third-order valence-corrected chi connectivity index (χ3v) is 6.71. The lowest BCUT2D eigenvalue weighted by Crippen LogP contribution is -2.26. The molecule has 0 rings (SSSR count). The SMILES string of the molecule is CBr.CC(=O)O.CC(C)(Br)C(=O)Br.CC(C)(Br)C(=O)CCCC(=O)C(C)(C)Br.CCC.CCC.CCN(CC)CC. The minimum Gasteiger partial charge on any atom is -0.481 e. The third-order valence-electron chi connectivity index (χ3n) is 3.94. The molecule has 0 amide bonds. The van der Waals surface area contributed by atoms with E-state index in [-0.39, 0.29) is 16.3 Å². The Balaban J connectivity index is -0.0000000750. The molecule has 0 bridgehead atoms. The van der Waals surface area contributed by atoms with Gasteiger partial charge in [-0.1, -0.05) is 125 Å². The summed E-state index contributed by atoms with van der Waals surface area (Å²) in [5, 5.41) is 7.42. The van der Waals surface area contributed by atoms with E-state index in [1.54, 1.807) is 13.8 Å². The van der Waals surface area contributed by atoms with E-state index in [0.717, 1.165) is 6.92 Å². The summed E-state index contributed by atoms with van der Waals surface area (Å²) in [5.74, 6) is 1.26. The van der Waals surface area contributed by atoms with Gasteiger partial charge in [0.1, 0.15) is 11.6 Å². The molecule has 41 heavy (non-hydrogen) atoms. The first-order chi connectivity index (χ1) is 18.4. The number of alkyl halides is 4. The summed E-state index contributed by atoms with van der Waals surface area (Å²) in [5.41, 5.74) is 0. The van der Waals surface area contributed by atoms with Crippen LogP contribution in [0.25, 0.3) is 0 Å². The predicted octanol–water partition coefficient (Wildman–Crippen LogP) is 11.0. The standard InChI is InChI=1S/C11H18Br2O2.C6H15N.C4H6Br2O.2C3H8.C2H4O2.CH3Br/c1-10(2,12)8(14)6-5-7-9(15)11(3,4)13;1-4-7(5-2)6-3;1-4(2,6)3(5)7;2*1-3-2;1-2(3)4;1-2/h5-7H2,1-4H3;4-6H2,1-3H3;1-2H3;2*3H2,1-2H3;1H3,(H,3,4);1H3. The maximum atomic E-state index is 11.5. The molecule has 0 aromatic rings. The highest BCUT2D eigenvalue weighted by Gasteiger charge is 2.25. The van der Waals surface area contributed by atoms with Gasteiger partial charge in [-0.2, -0.15) is 0 Å². The molecule has 0 saturated carbocycles. The van der Waals surface area contributed by atoms with E-state index in [1.807, 2.05) is 33.5 Å². The third kappa shape index (κ3) is 64.8. The first kappa shape index (κ1) is 57.5. The zero-order chi connectivity index (χ0) is 35.0. The minimum atomic E-state index is -0.833. The van der Waals surface area contributed by atoms with Gasteiger partial charge in [-0.25, -0.2) is 0 Å². The van der Waals surface area contributed by atoms with Crippen LogP contribution in [0.4, 0.5) is 0 Å². The van der Waals surface area contributed by atoms with E-state index in [0.29, 0.717) is 19.3 Å². The number of carboxylic acid groups (broad SMARTS) is 1. The second-order valence-electron chi connectivity index (χ2n) is 9.94. The lowest BCUT2D eigenvalue weighted by Gasteiger charge is -2.16. The Morgan fingerprint density at radius 2 is 0.780 bits per heavy atom. The zero-order valence-electron chi connectivity index (χ0n) is 28.6. The molecule has 252 valence electrons. The van der Waals surface area contributed by atoms with Crippen LogP contribution in [0, 0.1) is 0 Å². The minimum absolute atomic E-state index is 0.0278.